The molecule has 0 bridgehead atoms. The monoisotopic (exact) mass is 236 g/mol. The number of carbonyl (C=O) groups excluding carboxylic acids is 2. The highest BCUT2D eigenvalue weighted by Crippen LogP contribution is 2.27. The standard InChI is InChI=1S/C9H12N6O2/c16-8-5-2-1-3-15(6(5)4-10-8)9(17)7-11-13-14-12-7/h5-6H,1-4H2,(H,10,16)(H,11,12,13,14). The maximum atomic E-state index is 12.1. The van der Waals surface area contributed by atoms with Crippen LogP contribution in [-0.2, 0) is 4.79 Å². The van der Waals surface area contributed by atoms with Crippen LogP contribution in [0.2, 0.25) is 0 Å². The number of amides is 2. The lowest BCUT2D eigenvalue weighted by Gasteiger charge is -2.34. The Bertz CT molecular complexity index is 444. The molecule has 17 heavy (non-hydrogen) atoms. The summed E-state index contributed by atoms with van der Waals surface area (Å²) in [5, 5.41) is 15.8. The molecule has 90 valence electrons. The number of tetrazole rings is 1. The first kappa shape index (κ1) is 10.2. The Morgan fingerprint density at radius 3 is 3.12 bits per heavy atom. The van der Waals surface area contributed by atoms with Crippen LogP contribution < -0.4 is 5.32 Å². The molecule has 8 heteroatoms. The van der Waals surface area contributed by atoms with Crippen LogP contribution in [0, 0.1) is 5.92 Å². The van der Waals surface area contributed by atoms with E-state index in [0.29, 0.717) is 13.1 Å². The van der Waals surface area contributed by atoms with E-state index in [1.54, 1.807) is 4.90 Å². The topological polar surface area (TPSA) is 104 Å². The number of hydrogen-bond acceptors (Lipinski definition) is 5. The van der Waals surface area contributed by atoms with Gasteiger partial charge >= 0.3 is 0 Å². The molecule has 0 radical (unpaired) electrons. The predicted octanol–water partition coefficient (Wildman–Crippen LogP) is -1.45. The van der Waals surface area contributed by atoms with Crippen LogP contribution in [0.1, 0.15) is 23.5 Å². The van der Waals surface area contributed by atoms with Crippen LogP contribution in [0.3, 0.4) is 0 Å². The molecule has 2 aliphatic heterocycles. The van der Waals surface area contributed by atoms with Crippen molar-refractivity contribution in [2.24, 2.45) is 5.92 Å². The third-order valence-electron chi connectivity index (χ3n) is 3.40. The Labute approximate surface area is 96.7 Å². The smallest absolute Gasteiger partial charge is 0.295 e. The second-order valence-corrected chi connectivity index (χ2v) is 4.30. The minimum Gasteiger partial charge on any atom is -0.354 e. The van der Waals surface area contributed by atoms with Gasteiger partial charge in [-0.2, -0.15) is 5.21 Å². The van der Waals surface area contributed by atoms with Gasteiger partial charge in [-0.1, -0.05) is 0 Å². The molecule has 2 N–H and O–H groups in total. The molecule has 2 amide bonds. The molecule has 2 unspecified atom stereocenters. The summed E-state index contributed by atoms with van der Waals surface area (Å²) in [4.78, 5) is 25.4. The number of hydrogen-bond donors (Lipinski definition) is 2. The minimum atomic E-state index is -0.259. The number of rotatable bonds is 1. The van der Waals surface area contributed by atoms with Crippen molar-refractivity contribution in [1.82, 2.24) is 30.8 Å². The summed E-state index contributed by atoms with van der Waals surface area (Å²) >= 11 is 0. The van der Waals surface area contributed by atoms with Crippen molar-refractivity contribution >= 4 is 11.8 Å². The molecule has 2 atom stereocenters. The Balaban J connectivity index is 1.83. The van der Waals surface area contributed by atoms with E-state index in [9.17, 15) is 9.59 Å². The van der Waals surface area contributed by atoms with Crippen molar-refractivity contribution in [3.63, 3.8) is 0 Å². The number of nitrogens with zero attached hydrogens (tertiary/aromatic N) is 4. The summed E-state index contributed by atoms with van der Waals surface area (Å²) in [6.07, 6.45) is 1.67. The molecule has 0 aromatic carbocycles. The summed E-state index contributed by atoms with van der Waals surface area (Å²) < 4.78 is 0. The van der Waals surface area contributed by atoms with Gasteiger partial charge in [-0.3, -0.25) is 9.59 Å². The number of piperidine rings is 1. The summed E-state index contributed by atoms with van der Waals surface area (Å²) in [6, 6.07) is -0.0674. The van der Waals surface area contributed by atoms with Gasteiger partial charge in [0.05, 0.1) is 12.0 Å². The number of likely N-dealkylation sites (tertiary alicyclic amines) is 1. The third kappa shape index (κ3) is 1.56. The number of fused-ring (bicyclic) bond motifs is 1. The fourth-order valence-corrected chi connectivity index (χ4v) is 2.58. The van der Waals surface area contributed by atoms with Gasteiger partial charge in [-0.25, -0.2) is 0 Å². The first-order chi connectivity index (χ1) is 8.27. The second-order valence-electron chi connectivity index (χ2n) is 4.30. The zero-order valence-electron chi connectivity index (χ0n) is 9.09. The predicted molar refractivity (Wildman–Crippen MR) is 54.7 cm³/mol. The average Bonchev–Trinajstić information content (AvgIpc) is 2.98. The van der Waals surface area contributed by atoms with E-state index in [2.05, 4.69) is 25.9 Å². The van der Waals surface area contributed by atoms with Gasteiger partial charge in [-0.15, -0.1) is 10.2 Å². The maximum absolute atomic E-state index is 12.1. The van der Waals surface area contributed by atoms with Gasteiger partial charge in [0.1, 0.15) is 0 Å². The van der Waals surface area contributed by atoms with E-state index in [0.717, 1.165) is 12.8 Å². The van der Waals surface area contributed by atoms with Crippen molar-refractivity contribution in [1.29, 1.82) is 0 Å². The number of nitrogens with one attached hydrogen (secondary N) is 2. The van der Waals surface area contributed by atoms with Crippen molar-refractivity contribution in [2.45, 2.75) is 18.9 Å². The second kappa shape index (κ2) is 3.79. The number of H-pyrrole nitrogens is 1. The van der Waals surface area contributed by atoms with Crippen molar-refractivity contribution < 1.29 is 9.59 Å². The van der Waals surface area contributed by atoms with Gasteiger partial charge in [0, 0.05) is 13.1 Å². The first-order valence-corrected chi connectivity index (χ1v) is 5.59. The molecule has 2 saturated heterocycles. The molecule has 3 rings (SSSR count). The van der Waals surface area contributed by atoms with E-state index in [-0.39, 0.29) is 29.6 Å². The fraction of sp³-hybridized carbons (Fsp3) is 0.667. The maximum Gasteiger partial charge on any atom is 0.295 e. The normalized spacial score (nSPS) is 27.8. The molecule has 2 aliphatic rings. The van der Waals surface area contributed by atoms with Crippen LogP contribution in [0.4, 0.5) is 0 Å². The molecular formula is C9H12N6O2. The van der Waals surface area contributed by atoms with E-state index < -0.39 is 0 Å². The molecule has 2 fully saturated rings. The van der Waals surface area contributed by atoms with Crippen LogP contribution in [0.25, 0.3) is 0 Å². The minimum absolute atomic E-state index is 0.0422. The van der Waals surface area contributed by atoms with E-state index in [4.69, 9.17) is 0 Å². The van der Waals surface area contributed by atoms with E-state index in [1.807, 2.05) is 0 Å². The molecule has 8 nitrogen and oxygen atoms in total. The lowest BCUT2D eigenvalue weighted by molar-refractivity contribution is -0.123. The van der Waals surface area contributed by atoms with Crippen LogP contribution in [-0.4, -0.2) is 56.5 Å². The number of carbonyl (C=O) groups is 2. The highest BCUT2D eigenvalue weighted by molar-refractivity contribution is 5.92. The van der Waals surface area contributed by atoms with Gasteiger partial charge in [-0.05, 0) is 18.1 Å². The quantitative estimate of drug-likeness (QED) is 0.620. The zero-order valence-corrected chi connectivity index (χ0v) is 9.09. The van der Waals surface area contributed by atoms with Crippen LogP contribution in [0.15, 0.2) is 0 Å². The van der Waals surface area contributed by atoms with E-state index >= 15 is 0 Å². The molecule has 0 saturated carbocycles. The molecule has 1 aromatic rings. The SMILES string of the molecule is O=C1NCC2C1CCCN2C(=O)c1nn[nH]n1. The van der Waals surface area contributed by atoms with Gasteiger partial charge < -0.3 is 10.2 Å². The first-order valence-electron chi connectivity index (χ1n) is 5.59. The average molecular weight is 236 g/mol. The Morgan fingerprint density at radius 1 is 1.47 bits per heavy atom. The van der Waals surface area contributed by atoms with Crippen molar-refractivity contribution in [3.05, 3.63) is 5.82 Å². The van der Waals surface area contributed by atoms with Crippen LogP contribution >= 0.6 is 0 Å². The van der Waals surface area contributed by atoms with Crippen molar-refractivity contribution in [3.8, 4) is 0 Å². The Kier molecular flexibility index (Phi) is 2.27. The molecule has 0 spiro atoms. The summed E-state index contributed by atoms with van der Waals surface area (Å²) in [6.45, 7) is 1.16. The molecule has 0 aliphatic carbocycles. The molecule has 1 aromatic heterocycles. The molecular weight excluding hydrogens is 224 g/mol. The van der Waals surface area contributed by atoms with Crippen molar-refractivity contribution in [2.75, 3.05) is 13.1 Å². The van der Waals surface area contributed by atoms with Crippen LogP contribution in [0.5, 0.6) is 0 Å². The van der Waals surface area contributed by atoms with Gasteiger partial charge in [0.15, 0.2) is 0 Å². The highest BCUT2D eigenvalue weighted by Gasteiger charge is 2.43. The van der Waals surface area contributed by atoms with Gasteiger partial charge in [0.2, 0.25) is 5.91 Å². The largest absolute Gasteiger partial charge is 0.354 e. The number of aromatic amines is 1. The number of aromatic nitrogens is 4. The summed E-state index contributed by atoms with van der Waals surface area (Å²) in [7, 11) is 0. The third-order valence-corrected chi connectivity index (χ3v) is 3.40. The highest BCUT2D eigenvalue weighted by atomic mass is 16.2. The van der Waals surface area contributed by atoms with E-state index in [1.165, 1.54) is 0 Å². The molecule has 3 heterocycles. The van der Waals surface area contributed by atoms with Gasteiger partial charge in [0.25, 0.3) is 11.7 Å². The zero-order chi connectivity index (χ0) is 11.8. The Hall–Kier alpha value is -1.99. The lowest BCUT2D eigenvalue weighted by atomic mass is 9.91. The Morgan fingerprint density at radius 2 is 2.35 bits per heavy atom. The summed E-state index contributed by atoms with van der Waals surface area (Å²) in [5.74, 6) is -0.241. The lowest BCUT2D eigenvalue weighted by Crippen LogP contribution is -2.49. The fourth-order valence-electron chi connectivity index (χ4n) is 2.58. The summed E-state index contributed by atoms with van der Waals surface area (Å²) in [5.41, 5.74) is 0.